The Balaban J connectivity index is 2.76. The average Bonchev–Trinajstić information content (AvgIpc) is 2.16. The quantitative estimate of drug-likeness (QED) is 0.623. The fraction of sp³-hybridized carbons (Fsp3) is 0.500. The molecule has 4 N–H and O–H groups in total. The SMILES string of the molecule is COc1ncnc(NCC(C)O)c1N. The molecule has 1 unspecified atom stereocenters. The molecule has 0 aliphatic rings. The van der Waals surface area contributed by atoms with Crippen molar-refractivity contribution in [2.24, 2.45) is 0 Å². The largest absolute Gasteiger partial charge is 0.479 e. The Bertz CT molecular complexity index is 303. The number of anilines is 2. The summed E-state index contributed by atoms with van der Waals surface area (Å²) in [6.45, 7) is 2.05. The molecule has 6 nitrogen and oxygen atoms in total. The van der Waals surface area contributed by atoms with Gasteiger partial charge in [0.25, 0.3) is 0 Å². The molecule has 14 heavy (non-hydrogen) atoms. The van der Waals surface area contributed by atoms with Crippen LogP contribution in [-0.2, 0) is 0 Å². The lowest BCUT2D eigenvalue weighted by Gasteiger charge is -2.10. The van der Waals surface area contributed by atoms with Crippen molar-refractivity contribution in [3.8, 4) is 5.88 Å². The highest BCUT2D eigenvalue weighted by Crippen LogP contribution is 2.23. The van der Waals surface area contributed by atoms with E-state index in [1.165, 1.54) is 13.4 Å². The van der Waals surface area contributed by atoms with Gasteiger partial charge in [-0.25, -0.2) is 4.98 Å². The minimum Gasteiger partial charge on any atom is -0.479 e. The van der Waals surface area contributed by atoms with Gasteiger partial charge in [0.15, 0.2) is 5.82 Å². The summed E-state index contributed by atoms with van der Waals surface area (Å²) in [5, 5.41) is 11.9. The number of ether oxygens (including phenoxy) is 1. The van der Waals surface area contributed by atoms with Crippen LogP contribution in [0, 0.1) is 0 Å². The second-order valence-corrected chi connectivity index (χ2v) is 2.88. The summed E-state index contributed by atoms with van der Waals surface area (Å²) in [5.41, 5.74) is 6.03. The molecule has 0 aliphatic carbocycles. The van der Waals surface area contributed by atoms with E-state index in [-0.39, 0.29) is 0 Å². The highest BCUT2D eigenvalue weighted by molar-refractivity contribution is 5.66. The van der Waals surface area contributed by atoms with Crippen LogP contribution in [0.15, 0.2) is 6.33 Å². The van der Waals surface area contributed by atoms with Gasteiger partial charge in [-0.1, -0.05) is 0 Å². The van der Waals surface area contributed by atoms with E-state index in [1.807, 2.05) is 0 Å². The predicted molar refractivity (Wildman–Crippen MR) is 53.2 cm³/mol. The second kappa shape index (κ2) is 4.61. The van der Waals surface area contributed by atoms with E-state index in [9.17, 15) is 0 Å². The zero-order chi connectivity index (χ0) is 10.6. The third kappa shape index (κ3) is 2.46. The normalized spacial score (nSPS) is 12.2. The smallest absolute Gasteiger partial charge is 0.242 e. The molecular weight excluding hydrogens is 184 g/mol. The number of nitrogens with two attached hydrogens (primary N) is 1. The number of aromatic nitrogens is 2. The van der Waals surface area contributed by atoms with Crippen LogP contribution >= 0.6 is 0 Å². The lowest BCUT2D eigenvalue weighted by atomic mass is 10.4. The third-order valence-electron chi connectivity index (χ3n) is 1.61. The Kier molecular flexibility index (Phi) is 3.47. The Morgan fingerprint density at radius 3 is 2.93 bits per heavy atom. The fourth-order valence-corrected chi connectivity index (χ4v) is 0.927. The van der Waals surface area contributed by atoms with Crippen molar-refractivity contribution >= 4 is 11.5 Å². The van der Waals surface area contributed by atoms with Gasteiger partial charge >= 0.3 is 0 Å². The van der Waals surface area contributed by atoms with Crippen molar-refractivity contribution in [2.45, 2.75) is 13.0 Å². The Morgan fingerprint density at radius 1 is 1.64 bits per heavy atom. The number of nitrogens with one attached hydrogen (secondary N) is 1. The lowest BCUT2D eigenvalue weighted by Crippen LogP contribution is -2.17. The van der Waals surface area contributed by atoms with Gasteiger partial charge in [0.1, 0.15) is 12.0 Å². The molecule has 0 saturated carbocycles. The van der Waals surface area contributed by atoms with Crippen molar-refractivity contribution in [3.63, 3.8) is 0 Å². The van der Waals surface area contributed by atoms with Gasteiger partial charge in [0, 0.05) is 6.54 Å². The van der Waals surface area contributed by atoms with E-state index in [4.69, 9.17) is 15.6 Å². The highest BCUT2D eigenvalue weighted by Gasteiger charge is 2.07. The number of nitrogens with zero attached hydrogens (tertiary/aromatic N) is 2. The summed E-state index contributed by atoms with van der Waals surface area (Å²) in [6.07, 6.45) is 0.884. The van der Waals surface area contributed by atoms with E-state index < -0.39 is 6.10 Å². The van der Waals surface area contributed by atoms with Gasteiger partial charge in [-0.3, -0.25) is 0 Å². The number of methoxy groups -OCH3 is 1. The minimum atomic E-state index is -0.463. The van der Waals surface area contributed by atoms with Gasteiger partial charge in [0.05, 0.1) is 13.2 Å². The Hall–Kier alpha value is -1.56. The van der Waals surface area contributed by atoms with Gasteiger partial charge < -0.3 is 20.9 Å². The molecule has 0 spiro atoms. The van der Waals surface area contributed by atoms with Crippen LogP contribution in [0.4, 0.5) is 11.5 Å². The molecule has 0 radical (unpaired) electrons. The summed E-state index contributed by atoms with van der Waals surface area (Å²) in [5.74, 6) is 0.797. The van der Waals surface area contributed by atoms with Crippen molar-refractivity contribution in [3.05, 3.63) is 6.33 Å². The number of nitrogen functional groups attached to an aromatic ring is 1. The van der Waals surface area contributed by atoms with Crippen molar-refractivity contribution in [1.29, 1.82) is 0 Å². The molecule has 0 aromatic carbocycles. The number of rotatable bonds is 4. The summed E-state index contributed by atoms with van der Waals surface area (Å²) in [6, 6.07) is 0. The van der Waals surface area contributed by atoms with Gasteiger partial charge in [-0.2, -0.15) is 4.98 Å². The maximum atomic E-state index is 9.05. The maximum Gasteiger partial charge on any atom is 0.242 e. The predicted octanol–water partition coefficient (Wildman–Crippen LogP) is -0.140. The van der Waals surface area contributed by atoms with Crippen molar-refractivity contribution < 1.29 is 9.84 Å². The molecule has 1 heterocycles. The molecule has 0 saturated heterocycles. The molecule has 1 aromatic rings. The van der Waals surface area contributed by atoms with Gasteiger partial charge in [0.2, 0.25) is 5.88 Å². The van der Waals surface area contributed by atoms with Gasteiger partial charge in [-0.05, 0) is 6.92 Å². The monoisotopic (exact) mass is 198 g/mol. The zero-order valence-electron chi connectivity index (χ0n) is 8.19. The molecule has 1 aromatic heterocycles. The highest BCUT2D eigenvalue weighted by atomic mass is 16.5. The minimum absolute atomic E-state index is 0.327. The summed E-state index contributed by atoms with van der Waals surface area (Å²) >= 11 is 0. The first kappa shape index (κ1) is 10.5. The molecule has 6 heteroatoms. The van der Waals surface area contributed by atoms with Crippen LogP contribution in [0.25, 0.3) is 0 Å². The number of hydrogen-bond acceptors (Lipinski definition) is 6. The molecule has 1 atom stereocenters. The van der Waals surface area contributed by atoms with E-state index >= 15 is 0 Å². The van der Waals surface area contributed by atoms with Crippen LogP contribution in [0.5, 0.6) is 5.88 Å². The first-order valence-corrected chi connectivity index (χ1v) is 4.21. The van der Waals surface area contributed by atoms with Gasteiger partial charge in [-0.15, -0.1) is 0 Å². The van der Waals surface area contributed by atoms with Crippen LogP contribution in [0.1, 0.15) is 6.92 Å². The third-order valence-corrected chi connectivity index (χ3v) is 1.61. The molecule has 0 amide bonds. The maximum absolute atomic E-state index is 9.05. The number of aliphatic hydroxyl groups is 1. The summed E-state index contributed by atoms with van der Waals surface area (Å²) in [7, 11) is 1.48. The topological polar surface area (TPSA) is 93.3 Å². The Labute approximate surface area is 82.1 Å². The standard InChI is InChI=1S/C8H14N4O2/c1-5(13)3-10-7-6(9)8(14-2)12-4-11-7/h4-5,13H,3,9H2,1-2H3,(H,10,11,12). The lowest BCUT2D eigenvalue weighted by molar-refractivity contribution is 0.208. The van der Waals surface area contributed by atoms with E-state index in [2.05, 4.69) is 15.3 Å². The zero-order valence-corrected chi connectivity index (χ0v) is 8.19. The first-order valence-electron chi connectivity index (χ1n) is 4.21. The second-order valence-electron chi connectivity index (χ2n) is 2.88. The summed E-state index contributed by atoms with van der Waals surface area (Å²) in [4.78, 5) is 7.74. The molecule has 0 fully saturated rings. The van der Waals surface area contributed by atoms with Crippen LogP contribution in [0.2, 0.25) is 0 Å². The first-order chi connectivity index (χ1) is 6.65. The number of hydrogen-bond donors (Lipinski definition) is 3. The van der Waals surface area contributed by atoms with E-state index in [0.717, 1.165) is 0 Å². The number of aliphatic hydroxyl groups excluding tert-OH is 1. The fourth-order valence-electron chi connectivity index (χ4n) is 0.927. The molecule has 0 bridgehead atoms. The van der Waals surface area contributed by atoms with Crippen molar-refractivity contribution in [2.75, 3.05) is 24.7 Å². The van der Waals surface area contributed by atoms with E-state index in [1.54, 1.807) is 6.92 Å². The summed E-state index contributed by atoms with van der Waals surface area (Å²) < 4.78 is 4.91. The van der Waals surface area contributed by atoms with Crippen molar-refractivity contribution in [1.82, 2.24) is 9.97 Å². The van der Waals surface area contributed by atoms with Crippen LogP contribution in [-0.4, -0.2) is 34.8 Å². The van der Waals surface area contributed by atoms with E-state index in [0.29, 0.717) is 23.9 Å². The Morgan fingerprint density at radius 2 is 2.36 bits per heavy atom. The van der Waals surface area contributed by atoms with Crippen LogP contribution < -0.4 is 15.8 Å². The molecule has 1 rings (SSSR count). The van der Waals surface area contributed by atoms with Crippen LogP contribution in [0.3, 0.4) is 0 Å². The average molecular weight is 198 g/mol. The molecule has 78 valence electrons. The molecule has 0 aliphatic heterocycles. The molecular formula is C8H14N4O2.